The number of allylic oxidation sites excluding steroid dienone is 1. The van der Waals surface area contributed by atoms with Crippen LogP contribution in [0.4, 0.5) is 13.2 Å². The molecule has 0 bridgehead atoms. The van der Waals surface area contributed by atoms with Crippen molar-refractivity contribution in [2.45, 2.75) is 62.6 Å². The fraction of sp³-hybridized carbons (Fsp3) is 0.455. The number of carbonyl (C=O) groups excluding carboxylic acids is 3. The van der Waals surface area contributed by atoms with Gasteiger partial charge in [-0.15, -0.1) is 0 Å². The van der Waals surface area contributed by atoms with Crippen LogP contribution in [0.1, 0.15) is 66.4 Å². The molecule has 0 spiro atoms. The Morgan fingerprint density at radius 1 is 1.00 bits per heavy atom. The summed E-state index contributed by atoms with van der Waals surface area (Å²) in [6.45, 7) is -1.41. The maximum absolute atomic E-state index is 15.6. The van der Waals surface area contributed by atoms with Crippen LogP contribution in [-0.4, -0.2) is 78.9 Å². The van der Waals surface area contributed by atoms with Crippen molar-refractivity contribution in [1.29, 1.82) is 0 Å². The maximum atomic E-state index is 15.6. The number of hydrogen-bond donors (Lipinski definition) is 2. The minimum Gasteiger partial charge on any atom is -0.480 e. The lowest BCUT2D eigenvalue weighted by Gasteiger charge is -2.22. The first-order chi connectivity index (χ1) is 21.5. The normalized spacial score (nSPS) is 19.7. The van der Waals surface area contributed by atoms with Crippen molar-refractivity contribution in [3.63, 3.8) is 0 Å². The number of unbranched alkanes of at least 4 members (excludes halogenated alkanes) is 4. The molecule has 0 aromatic heterocycles. The Balaban J connectivity index is 1.24. The van der Waals surface area contributed by atoms with Crippen LogP contribution in [0.3, 0.4) is 0 Å². The third kappa shape index (κ3) is 8.10. The molecule has 2 aliphatic rings. The lowest BCUT2D eigenvalue weighted by atomic mass is 10.0. The number of aliphatic carboxylic acids is 1. The number of carbonyl (C=O) groups is 4. The van der Waals surface area contributed by atoms with Gasteiger partial charge >= 0.3 is 11.9 Å². The number of fused-ring (bicyclic) bond motifs is 3. The number of carboxylic acids is 1. The largest absolute Gasteiger partial charge is 0.480 e. The van der Waals surface area contributed by atoms with Crippen molar-refractivity contribution in [3.05, 3.63) is 71.3 Å². The summed E-state index contributed by atoms with van der Waals surface area (Å²) < 4.78 is 55.2. The predicted molar refractivity (Wildman–Crippen MR) is 158 cm³/mol. The van der Waals surface area contributed by atoms with E-state index >= 15 is 4.39 Å². The number of nitrogens with zero attached hydrogens (tertiary/aromatic N) is 1. The smallest absolute Gasteiger partial charge is 0.326 e. The zero-order valence-electron chi connectivity index (χ0n) is 25.0. The van der Waals surface area contributed by atoms with Gasteiger partial charge in [-0.1, -0.05) is 55.3 Å². The molecule has 2 aromatic carbocycles. The summed E-state index contributed by atoms with van der Waals surface area (Å²) in [6, 6.07) is 8.32. The number of alkyl halides is 3. The highest BCUT2D eigenvalue weighted by molar-refractivity contribution is 5.99. The zero-order valence-corrected chi connectivity index (χ0v) is 25.0. The molecule has 0 saturated carbocycles. The van der Waals surface area contributed by atoms with Gasteiger partial charge in [0.15, 0.2) is 5.67 Å². The third-order valence-corrected chi connectivity index (χ3v) is 8.04. The van der Waals surface area contributed by atoms with Gasteiger partial charge in [0, 0.05) is 29.5 Å². The molecule has 1 heterocycles. The van der Waals surface area contributed by atoms with E-state index in [0.29, 0.717) is 12.0 Å². The van der Waals surface area contributed by atoms with Gasteiger partial charge in [0.1, 0.15) is 6.04 Å². The Morgan fingerprint density at radius 3 is 2.49 bits per heavy atom. The Kier molecular flexibility index (Phi) is 11.0. The van der Waals surface area contributed by atoms with Crippen LogP contribution < -0.4 is 5.32 Å². The van der Waals surface area contributed by atoms with E-state index in [2.05, 4.69) is 10.1 Å². The van der Waals surface area contributed by atoms with E-state index in [4.69, 9.17) is 4.74 Å². The van der Waals surface area contributed by atoms with Crippen molar-refractivity contribution in [3.8, 4) is 11.1 Å². The number of carboxylic acid groups (broad SMARTS) is 1. The summed E-state index contributed by atoms with van der Waals surface area (Å²) in [5.41, 5.74) is -1.90. The molecule has 12 heteroatoms. The topological polar surface area (TPSA) is 122 Å². The van der Waals surface area contributed by atoms with Crippen molar-refractivity contribution >= 4 is 23.8 Å². The first-order valence-corrected chi connectivity index (χ1v) is 14.9. The molecule has 0 unspecified atom stereocenters. The Bertz CT molecular complexity index is 1450. The molecule has 2 aromatic rings. The standard InChI is InChI=1S/C33H37F3N2O7/c1-44-29(40)13-7-5-3-2-4-6-10-16-45-21-32(34)18-27(31(42)43)38(20-32)28(39)19-37-30(41)22-14-15-26-24(17-22)23-11-8-9-12-25(23)33(26,35)36/h6,8-12,14-15,17,27H,2-5,7,13,16,18-21H2,1H3,(H,37,41)(H,42,43)/b10-6+/t27-,32+/m0/s1. The van der Waals surface area contributed by atoms with Gasteiger partial charge in [0.25, 0.3) is 11.8 Å². The molecule has 0 radical (unpaired) electrons. The van der Waals surface area contributed by atoms with E-state index in [1.165, 1.54) is 37.4 Å². The summed E-state index contributed by atoms with van der Waals surface area (Å²) in [4.78, 5) is 49.5. The number of ether oxygens (including phenoxy) is 2. The monoisotopic (exact) mass is 630 g/mol. The molecule has 1 fully saturated rings. The van der Waals surface area contributed by atoms with Crippen molar-refractivity contribution < 1.29 is 46.9 Å². The van der Waals surface area contributed by atoms with Gasteiger partial charge in [0.05, 0.1) is 33.4 Å². The first-order valence-electron chi connectivity index (χ1n) is 14.9. The van der Waals surface area contributed by atoms with Crippen LogP contribution in [-0.2, 0) is 29.8 Å². The fourth-order valence-corrected chi connectivity index (χ4v) is 5.69. The number of nitrogens with one attached hydrogen (secondary N) is 1. The number of esters is 1. The van der Waals surface area contributed by atoms with Crippen LogP contribution in [0.15, 0.2) is 54.6 Å². The molecular weight excluding hydrogens is 593 g/mol. The maximum Gasteiger partial charge on any atom is 0.326 e. The van der Waals surface area contributed by atoms with Crippen LogP contribution in [0, 0.1) is 0 Å². The molecular formula is C33H37F3N2O7. The van der Waals surface area contributed by atoms with Crippen LogP contribution in [0.2, 0.25) is 0 Å². The van der Waals surface area contributed by atoms with Gasteiger partial charge in [0.2, 0.25) is 5.91 Å². The number of benzene rings is 2. The zero-order chi connectivity index (χ0) is 32.6. The molecule has 4 rings (SSSR count). The van der Waals surface area contributed by atoms with Crippen molar-refractivity contribution in [2.24, 2.45) is 0 Å². The fourth-order valence-electron chi connectivity index (χ4n) is 5.69. The number of halogens is 3. The Labute approximate surface area is 259 Å². The van der Waals surface area contributed by atoms with E-state index in [9.17, 15) is 33.1 Å². The molecule has 1 aliphatic heterocycles. The van der Waals surface area contributed by atoms with E-state index in [1.54, 1.807) is 18.2 Å². The second-order valence-electron chi connectivity index (χ2n) is 11.3. The van der Waals surface area contributed by atoms with Crippen LogP contribution in [0.25, 0.3) is 11.1 Å². The highest BCUT2D eigenvalue weighted by atomic mass is 19.3. The summed E-state index contributed by atoms with van der Waals surface area (Å²) in [6.07, 6.45) is 7.96. The molecule has 2 N–H and O–H groups in total. The van der Waals surface area contributed by atoms with Crippen molar-refractivity contribution in [1.82, 2.24) is 10.2 Å². The van der Waals surface area contributed by atoms with Gasteiger partial charge in [-0.25, -0.2) is 9.18 Å². The predicted octanol–water partition coefficient (Wildman–Crippen LogP) is 5.02. The molecule has 9 nitrogen and oxygen atoms in total. The molecule has 1 aliphatic carbocycles. The number of hydrogen-bond acceptors (Lipinski definition) is 6. The summed E-state index contributed by atoms with van der Waals surface area (Å²) in [5.74, 6) is -6.30. The minimum absolute atomic E-state index is 0.0464. The third-order valence-electron chi connectivity index (χ3n) is 8.04. The second-order valence-corrected chi connectivity index (χ2v) is 11.3. The van der Waals surface area contributed by atoms with Crippen LogP contribution in [0.5, 0.6) is 0 Å². The van der Waals surface area contributed by atoms with Gasteiger partial charge in [-0.3, -0.25) is 14.4 Å². The summed E-state index contributed by atoms with van der Waals surface area (Å²) >= 11 is 0. The highest BCUT2D eigenvalue weighted by Gasteiger charge is 2.50. The lowest BCUT2D eigenvalue weighted by Crippen LogP contribution is -2.46. The number of likely N-dealkylation sites (tertiary alicyclic amines) is 1. The summed E-state index contributed by atoms with van der Waals surface area (Å²) in [7, 11) is 1.36. The molecule has 242 valence electrons. The van der Waals surface area contributed by atoms with E-state index in [1.807, 2.05) is 6.08 Å². The number of amides is 2. The minimum atomic E-state index is -3.20. The van der Waals surface area contributed by atoms with E-state index < -0.39 is 61.5 Å². The highest BCUT2D eigenvalue weighted by Crippen LogP contribution is 2.50. The first kappa shape index (κ1) is 33.7. The van der Waals surface area contributed by atoms with Gasteiger partial charge in [-0.05, 0) is 42.5 Å². The average Bonchev–Trinajstić information content (AvgIpc) is 3.50. The SMILES string of the molecule is COC(=O)CCCCCC/C=C/COC[C@@]1(F)C[C@@H](C(=O)O)N(C(=O)CNC(=O)c2ccc3c(c2)-c2ccccc2C3(F)F)C1. The van der Waals surface area contributed by atoms with E-state index in [-0.39, 0.29) is 34.8 Å². The summed E-state index contributed by atoms with van der Waals surface area (Å²) in [5, 5.41) is 12.0. The van der Waals surface area contributed by atoms with Crippen molar-refractivity contribution in [2.75, 3.05) is 33.4 Å². The van der Waals surface area contributed by atoms with E-state index in [0.717, 1.165) is 37.0 Å². The van der Waals surface area contributed by atoms with Gasteiger partial charge < -0.3 is 24.8 Å². The lowest BCUT2D eigenvalue weighted by molar-refractivity contribution is -0.147. The number of methoxy groups -OCH3 is 1. The number of rotatable bonds is 15. The quantitative estimate of drug-likeness (QED) is 0.161. The van der Waals surface area contributed by atoms with Crippen LogP contribution >= 0.6 is 0 Å². The Hall–Kier alpha value is -4.19. The molecule has 1 saturated heterocycles. The average molecular weight is 631 g/mol. The molecule has 2 amide bonds. The molecule has 45 heavy (non-hydrogen) atoms. The second kappa shape index (κ2) is 14.7. The van der Waals surface area contributed by atoms with Gasteiger partial charge in [-0.2, -0.15) is 8.78 Å². The Morgan fingerprint density at radius 2 is 1.73 bits per heavy atom. The molecule has 2 atom stereocenters.